The first-order chi connectivity index (χ1) is 9.53. The van der Waals surface area contributed by atoms with Gasteiger partial charge in [0, 0.05) is 7.11 Å². The van der Waals surface area contributed by atoms with E-state index in [1.54, 1.807) is 0 Å². The fourth-order valence-corrected chi connectivity index (χ4v) is 2.15. The van der Waals surface area contributed by atoms with Gasteiger partial charge in [-0.15, -0.1) is 0 Å². The van der Waals surface area contributed by atoms with Crippen molar-refractivity contribution in [1.29, 1.82) is 0 Å². The van der Waals surface area contributed by atoms with Gasteiger partial charge in [0.25, 0.3) is 0 Å². The highest BCUT2D eigenvalue weighted by Crippen LogP contribution is 2.31. The molecule has 0 spiro atoms. The number of ether oxygens (including phenoxy) is 3. The predicted octanol–water partition coefficient (Wildman–Crippen LogP) is -1.90. The van der Waals surface area contributed by atoms with E-state index in [4.69, 9.17) is 25.1 Å². The third kappa shape index (κ3) is 2.36. The summed E-state index contributed by atoms with van der Waals surface area (Å²) in [5.41, 5.74) is 4.87. The van der Waals surface area contributed by atoms with Crippen LogP contribution in [0.5, 0.6) is 5.75 Å². The summed E-state index contributed by atoms with van der Waals surface area (Å²) in [4.78, 5) is 15.5. The van der Waals surface area contributed by atoms with Gasteiger partial charge in [-0.2, -0.15) is 4.98 Å². The van der Waals surface area contributed by atoms with Crippen molar-refractivity contribution in [2.75, 3.05) is 26.6 Å². The number of anilines is 1. The van der Waals surface area contributed by atoms with Crippen molar-refractivity contribution >= 4 is 5.82 Å². The van der Waals surface area contributed by atoms with Crippen LogP contribution in [0.25, 0.3) is 0 Å². The molecule has 20 heavy (non-hydrogen) atoms. The molecule has 0 bridgehead atoms. The minimum Gasteiger partial charge on any atom is -0.491 e. The molecule has 0 aliphatic carbocycles. The molecule has 0 saturated carbocycles. The molecular formula is C11H17N3O6. The Bertz CT molecular complexity index is 533. The number of hydrogen-bond donors (Lipinski definition) is 3. The molecule has 1 aromatic heterocycles. The van der Waals surface area contributed by atoms with Crippen LogP contribution in [0.1, 0.15) is 6.23 Å². The number of rotatable bonds is 4. The number of aliphatic hydroxyl groups excluding tert-OH is 2. The van der Waals surface area contributed by atoms with E-state index in [9.17, 15) is 9.90 Å². The second-order valence-corrected chi connectivity index (χ2v) is 4.32. The van der Waals surface area contributed by atoms with Gasteiger partial charge in [-0.25, -0.2) is 4.79 Å². The van der Waals surface area contributed by atoms with Gasteiger partial charge in [0.15, 0.2) is 17.8 Å². The zero-order chi connectivity index (χ0) is 14.9. The number of nitrogen functional groups attached to an aromatic ring is 1. The maximum atomic E-state index is 11.9. The van der Waals surface area contributed by atoms with Crippen molar-refractivity contribution in [2.45, 2.75) is 24.5 Å². The Morgan fingerprint density at radius 1 is 1.55 bits per heavy atom. The molecule has 2 heterocycles. The maximum absolute atomic E-state index is 11.9. The lowest BCUT2D eigenvalue weighted by atomic mass is 10.1. The van der Waals surface area contributed by atoms with Crippen LogP contribution < -0.4 is 16.2 Å². The molecule has 1 aliphatic rings. The van der Waals surface area contributed by atoms with Gasteiger partial charge >= 0.3 is 5.69 Å². The average molecular weight is 287 g/mol. The highest BCUT2D eigenvalue weighted by molar-refractivity contribution is 5.43. The second kappa shape index (κ2) is 5.75. The number of hydrogen-bond acceptors (Lipinski definition) is 8. The lowest BCUT2D eigenvalue weighted by Gasteiger charge is -2.20. The highest BCUT2D eigenvalue weighted by Gasteiger charge is 2.45. The smallest absolute Gasteiger partial charge is 0.351 e. The summed E-state index contributed by atoms with van der Waals surface area (Å²) < 4.78 is 16.7. The third-order valence-electron chi connectivity index (χ3n) is 3.20. The van der Waals surface area contributed by atoms with Gasteiger partial charge in [0.05, 0.1) is 19.9 Å². The van der Waals surface area contributed by atoms with E-state index in [0.29, 0.717) is 0 Å². The number of aliphatic hydroxyl groups is 2. The van der Waals surface area contributed by atoms with Crippen LogP contribution in [-0.4, -0.2) is 58.9 Å². The van der Waals surface area contributed by atoms with E-state index in [0.717, 1.165) is 4.57 Å². The Morgan fingerprint density at radius 3 is 2.80 bits per heavy atom. The first kappa shape index (κ1) is 14.7. The summed E-state index contributed by atoms with van der Waals surface area (Å²) in [5, 5.41) is 19.1. The quantitative estimate of drug-likeness (QED) is 0.585. The summed E-state index contributed by atoms with van der Waals surface area (Å²) >= 11 is 0. The normalized spacial score (nSPS) is 29.6. The Labute approximate surface area is 114 Å². The zero-order valence-electron chi connectivity index (χ0n) is 11.1. The Hall–Kier alpha value is -1.68. The Morgan fingerprint density at radius 2 is 2.25 bits per heavy atom. The minimum absolute atomic E-state index is 0.0417. The molecule has 0 amide bonds. The van der Waals surface area contributed by atoms with Crippen LogP contribution in [0.15, 0.2) is 11.0 Å². The molecule has 4 N–H and O–H groups in total. The summed E-state index contributed by atoms with van der Waals surface area (Å²) in [6, 6.07) is 0. The number of methoxy groups -OCH3 is 2. The SMILES string of the molecule is COc1cn([C@@H]2O[C@H](CO)[C@@H](O)[C@H]2OC)c(=O)nc1N. The molecule has 0 aromatic carbocycles. The summed E-state index contributed by atoms with van der Waals surface area (Å²) in [7, 11) is 2.76. The second-order valence-electron chi connectivity index (χ2n) is 4.32. The zero-order valence-corrected chi connectivity index (χ0v) is 11.1. The lowest BCUT2D eigenvalue weighted by Crippen LogP contribution is -2.37. The van der Waals surface area contributed by atoms with Gasteiger partial charge in [0.1, 0.15) is 18.3 Å². The van der Waals surface area contributed by atoms with Crippen LogP contribution in [0.2, 0.25) is 0 Å². The van der Waals surface area contributed by atoms with Crippen molar-refractivity contribution in [1.82, 2.24) is 9.55 Å². The largest absolute Gasteiger partial charge is 0.491 e. The van der Waals surface area contributed by atoms with Gasteiger partial charge in [0.2, 0.25) is 0 Å². The molecule has 1 aromatic rings. The van der Waals surface area contributed by atoms with Crippen molar-refractivity contribution in [3.8, 4) is 5.75 Å². The van der Waals surface area contributed by atoms with E-state index < -0.39 is 36.8 Å². The standard InChI is InChI=1S/C11H17N3O6/c1-18-5-3-14(11(17)13-9(5)12)10-8(19-2)7(16)6(4-15)20-10/h3,6-8,10,15-16H,4H2,1-2H3,(H2,12,13,17)/t6-,7-,8-,10-/m1/s1. The molecule has 0 radical (unpaired) electrons. The van der Waals surface area contributed by atoms with Gasteiger partial charge in [-0.1, -0.05) is 0 Å². The topological polar surface area (TPSA) is 129 Å². The van der Waals surface area contributed by atoms with E-state index in [-0.39, 0.29) is 11.6 Å². The molecule has 9 nitrogen and oxygen atoms in total. The highest BCUT2D eigenvalue weighted by atomic mass is 16.6. The van der Waals surface area contributed by atoms with Crippen molar-refractivity contribution in [3.63, 3.8) is 0 Å². The molecule has 4 atom stereocenters. The first-order valence-electron chi connectivity index (χ1n) is 5.93. The number of nitrogens with two attached hydrogens (primary N) is 1. The number of nitrogens with zero attached hydrogens (tertiary/aromatic N) is 2. The van der Waals surface area contributed by atoms with E-state index in [1.807, 2.05) is 0 Å². The molecule has 112 valence electrons. The van der Waals surface area contributed by atoms with Gasteiger partial charge < -0.3 is 30.2 Å². The van der Waals surface area contributed by atoms with Gasteiger partial charge in [-0.3, -0.25) is 4.57 Å². The fourth-order valence-electron chi connectivity index (χ4n) is 2.15. The van der Waals surface area contributed by atoms with Crippen molar-refractivity contribution < 1.29 is 24.4 Å². The maximum Gasteiger partial charge on any atom is 0.351 e. The Balaban J connectivity index is 2.42. The van der Waals surface area contributed by atoms with Crippen LogP contribution >= 0.6 is 0 Å². The molecule has 1 saturated heterocycles. The third-order valence-corrected chi connectivity index (χ3v) is 3.20. The minimum atomic E-state index is -1.06. The van der Waals surface area contributed by atoms with Crippen LogP contribution in [-0.2, 0) is 9.47 Å². The monoisotopic (exact) mass is 287 g/mol. The van der Waals surface area contributed by atoms with Crippen LogP contribution in [0.4, 0.5) is 5.82 Å². The van der Waals surface area contributed by atoms with Crippen LogP contribution in [0, 0.1) is 0 Å². The summed E-state index contributed by atoms with van der Waals surface area (Å²) in [6.45, 7) is -0.397. The first-order valence-corrected chi connectivity index (χ1v) is 5.93. The van der Waals surface area contributed by atoms with E-state index in [1.165, 1.54) is 20.4 Å². The predicted molar refractivity (Wildman–Crippen MR) is 67.3 cm³/mol. The number of aromatic nitrogens is 2. The molecule has 1 aliphatic heterocycles. The molecule has 0 unspecified atom stereocenters. The van der Waals surface area contributed by atoms with Gasteiger partial charge in [-0.05, 0) is 0 Å². The fraction of sp³-hybridized carbons (Fsp3) is 0.636. The summed E-state index contributed by atoms with van der Waals surface area (Å²) in [6.07, 6.45) is -2.33. The van der Waals surface area contributed by atoms with E-state index in [2.05, 4.69) is 4.98 Å². The lowest BCUT2D eigenvalue weighted by molar-refractivity contribution is -0.0626. The summed E-state index contributed by atoms with van der Waals surface area (Å²) in [5.74, 6) is 0.157. The average Bonchev–Trinajstić information content (AvgIpc) is 2.75. The molecule has 9 heteroatoms. The van der Waals surface area contributed by atoms with Crippen molar-refractivity contribution in [2.24, 2.45) is 0 Å². The Kier molecular flexibility index (Phi) is 4.23. The van der Waals surface area contributed by atoms with E-state index >= 15 is 0 Å². The van der Waals surface area contributed by atoms with Crippen molar-refractivity contribution in [3.05, 3.63) is 16.7 Å². The molecular weight excluding hydrogens is 270 g/mol. The van der Waals surface area contributed by atoms with Crippen LogP contribution in [0.3, 0.4) is 0 Å². The molecule has 1 fully saturated rings. The molecule has 2 rings (SSSR count).